The van der Waals surface area contributed by atoms with Gasteiger partial charge in [-0.25, -0.2) is 4.79 Å². The Hall–Kier alpha value is -3.17. The lowest BCUT2D eigenvalue weighted by Crippen LogP contribution is -2.36. The number of rotatable bonds is 7. The van der Waals surface area contributed by atoms with E-state index in [1.54, 1.807) is 26.8 Å². The molecule has 30 heavy (non-hydrogen) atoms. The van der Waals surface area contributed by atoms with E-state index in [0.29, 0.717) is 11.4 Å². The molecule has 0 saturated carbocycles. The van der Waals surface area contributed by atoms with E-state index in [4.69, 9.17) is 21.9 Å². The molecule has 9 heteroatoms. The number of hydrogen-bond acceptors (Lipinski definition) is 6. The molecule has 0 bridgehead atoms. The number of primary amides is 2. The lowest BCUT2D eigenvalue weighted by atomic mass is 10.1. The number of hydrogen-bond donors (Lipinski definition) is 4. The first kappa shape index (κ1) is 23.1. The van der Waals surface area contributed by atoms with Crippen LogP contribution in [0.3, 0.4) is 0 Å². The Balaban J connectivity index is 2.06. The second kappa shape index (κ2) is 9.55. The molecule has 1 atom stereocenters. The molecule has 0 aliphatic carbocycles. The highest BCUT2D eigenvalue weighted by Gasteiger charge is 2.21. The minimum atomic E-state index is -0.768. The Morgan fingerprint density at radius 3 is 2.33 bits per heavy atom. The molecule has 2 aromatic rings. The van der Waals surface area contributed by atoms with Crippen molar-refractivity contribution in [2.24, 2.45) is 17.2 Å². The van der Waals surface area contributed by atoms with Crippen LogP contribution in [0.5, 0.6) is 0 Å². The number of amides is 3. The fourth-order valence-electron chi connectivity index (χ4n) is 2.50. The number of nitrogens with one attached hydrogen (secondary N) is 1. The van der Waals surface area contributed by atoms with Crippen LogP contribution < -0.4 is 22.5 Å². The summed E-state index contributed by atoms with van der Waals surface area (Å²) in [6.07, 6.45) is 4.03. The summed E-state index contributed by atoms with van der Waals surface area (Å²) in [6, 6.07) is 7.63. The number of carbonyl (C=O) groups is 3. The molecule has 0 spiro atoms. The summed E-state index contributed by atoms with van der Waals surface area (Å²) < 4.78 is 5.26. The SMILES string of the molecule is CC(C)(C)OC(=O)[C@@H](N)C/C=C/c1ccc(-c2cc(C(N)=O)c(NC(N)=O)s2)cc1. The summed E-state index contributed by atoms with van der Waals surface area (Å²) in [4.78, 5) is 35.4. The van der Waals surface area contributed by atoms with Gasteiger partial charge < -0.3 is 21.9 Å². The molecule has 0 unspecified atom stereocenters. The normalized spacial score (nSPS) is 12.5. The molecule has 8 nitrogen and oxygen atoms in total. The van der Waals surface area contributed by atoms with Gasteiger partial charge in [0.1, 0.15) is 16.6 Å². The van der Waals surface area contributed by atoms with Crippen molar-refractivity contribution in [1.29, 1.82) is 0 Å². The van der Waals surface area contributed by atoms with Crippen molar-refractivity contribution in [3.05, 3.63) is 47.5 Å². The summed E-state index contributed by atoms with van der Waals surface area (Å²) >= 11 is 1.21. The van der Waals surface area contributed by atoms with Crippen molar-refractivity contribution in [2.75, 3.05) is 5.32 Å². The van der Waals surface area contributed by atoms with Crippen molar-refractivity contribution in [2.45, 2.75) is 38.8 Å². The van der Waals surface area contributed by atoms with Gasteiger partial charge in [-0.2, -0.15) is 0 Å². The highest BCUT2D eigenvalue weighted by molar-refractivity contribution is 7.20. The molecule has 2 rings (SSSR count). The highest BCUT2D eigenvalue weighted by Crippen LogP contribution is 2.35. The van der Waals surface area contributed by atoms with Crippen LogP contribution in [0.15, 0.2) is 36.4 Å². The average Bonchev–Trinajstić information content (AvgIpc) is 3.04. The van der Waals surface area contributed by atoms with Gasteiger partial charge in [0.2, 0.25) is 0 Å². The van der Waals surface area contributed by atoms with Crippen LogP contribution in [0.25, 0.3) is 16.5 Å². The molecule has 3 amide bonds. The molecule has 1 aromatic heterocycles. The zero-order chi connectivity index (χ0) is 22.5. The van der Waals surface area contributed by atoms with Crippen LogP contribution in [0.4, 0.5) is 9.80 Å². The first-order chi connectivity index (χ1) is 14.0. The minimum absolute atomic E-state index is 0.203. The number of esters is 1. The van der Waals surface area contributed by atoms with Gasteiger partial charge in [-0.15, -0.1) is 11.3 Å². The maximum atomic E-state index is 11.9. The standard InChI is InChI=1S/C21H26N4O4S/c1-21(2,3)29-19(27)15(22)6-4-5-12-7-9-13(10-8-12)16-11-14(17(23)26)18(30-16)25-20(24)28/h4-5,7-11,15H,6,22H2,1-3H3,(H2,23,26)(H3,24,25,28)/b5-4+/t15-/m0/s1. The smallest absolute Gasteiger partial charge is 0.323 e. The van der Waals surface area contributed by atoms with Crippen LogP contribution >= 0.6 is 11.3 Å². The average molecular weight is 431 g/mol. The van der Waals surface area contributed by atoms with Crippen LogP contribution in [0.2, 0.25) is 0 Å². The van der Waals surface area contributed by atoms with Crippen LogP contribution in [0.1, 0.15) is 43.1 Å². The third-order valence-corrected chi connectivity index (χ3v) is 4.94. The van der Waals surface area contributed by atoms with E-state index in [0.717, 1.165) is 16.0 Å². The van der Waals surface area contributed by atoms with Gasteiger partial charge in [0.05, 0.1) is 5.56 Å². The summed E-state index contributed by atoms with van der Waals surface area (Å²) in [6.45, 7) is 5.38. The quantitative estimate of drug-likeness (QED) is 0.498. The fraction of sp³-hybridized carbons (Fsp3) is 0.286. The lowest BCUT2D eigenvalue weighted by Gasteiger charge is -2.21. The third kappa shape index (κ3) is 6.71. The lowest BCUT2D eigenvalue weighted by molar-refractivity contribution is -0.156. The zero-order valence-electron chi connectivity index (χ0n) is 17.1. The molecule has 1 aromatic carbocycles. The first-order valence-corrected chi connectivity index (χ1v) is 10.0. The molecule has 160 valence electrons. The van der Waals surface area contributed by atoms with E-state index >= 15 is 0 Å². The largest absolute Gasteiger partial charge is 0.459 e. The number of nitrogens with two attached hydrogens (primary N) is 3. The van der Waals surface area contributed by atoms with E-state index in [1.165, 1.54) is 11.3 Å². The molecule has 0 saturated heterocycles. The number of urea groups is 1. The van der Waals surface area contributed by atoms with Crippen molar-refractivity contribution < 1.29 is 19.1 Å². The molecule has 7 N–H and O–H groups in total. The maximum absolute atomic E-state index is 11.9. The van der Waals surface area contributed by atoms with Crippen LogP contribution in [-0.4, -0.2) is 29.6 Å². The van der Waals surface area contributed by atoms with Gasteiger partial charge in [0.15, 0.2) is 0 Å². The minimum Gasteiger partial charge on any atom is -0.459 e. The topological polar surface area (TPSA) is 151 Å². The monoisotopic (exact) mass is 430 g/mol. The number of anilines is 1. The highest BCUT2D eigenvalue weighted by atomic mass is 32.1. The Kier molecular flexibility index (Phi) is 7.36. The predicted octanol–water partition coefficient (Wildman–Crippen LogP) is 3.08. The van der Waals surface area contributed by atoms with Crippen molar-refractivity contribution in [1.82, 2.24) is 0 Å². The molecular formula is C21H26N4O4S. The van der Waals surface area contributed by atoms with Gasteiger partial charge >= 0.3 is 12.0 Å². The molecule has 0 radical (unpaired) electrons. The first-order valence-electron chi connectivity index (χ1n) is 9.22. The Bertz CT molecular complexity index is 958. The number of thiophene rings is 1. The molecular weight excluding hydrogens is 404 g/mol. The second-order valence-electron chi connectivity index (χ2n) is 7.61. The van der Waals surface area contributed by atoms with Gasteiger partial charge in [-0.3, -0.25) is 14.9 Å². The molecule has 0 aliphatic heterocycles. The molecule has 1 heterocycles. The summed E-state index contributed by atoms with van der Waals surface area (Å²) in [5.74, 6) is -1.09. The second-order valence-corrected chi connectivity index (χ2v) is 8.66. The summed E-state index contributed by atoms with van der Waals surface area (Å²) in [7, 11) is 0. The Morgan fingerprint density at radius 1 is 1.17 bits per heavy atom. The third-order valence-electron chi connectivity index (χ3n) is 3.84. The summed E-state index contributed by atoms with van der Waals surface area (Å²) in [5, 5.41) is 2.72. The van der Waals surface area contributed by atoms with Gasteiger partial charge in [-0.1, -0.05) is 36.4 Å². The Labute approximate surface area is 179 Å². The van der Waals surface area contributed by atoms with E-state index in [9.17, 15) is 14.4 Å². The molecule has 0 aliphatic rings. The number of carbonyl (C=O) groups excluding carboxylic acids is 3. The van der Waals surface area contributed by atoms with E-state index < -0.39 is 29.6 Å². The van der Waals surface area contributed by atoms with Gasteiger partial charge in [-0.05, 0) is 44.4 Å². The van der Waals surface area contributed by atoms with Crippen molar-refractivity contribution in [3.8, 4) is 10.4 Å². The molecule has 0 fully saturated rings. The number of benzene rings is 1. The zero-order valence-corrected chi connectivity index (χ0v) is 17.9. The maximum Gasteiger partial charge on any atom is 0.323 e. The summed E-state index contributed by atoms with van der Waals surface area (Å²) in [5.41, 5.74) is 17.8. The van der Waals surface area contributed by atoms with Crippen molar-refractivity contribution >= 4 is 40.3 Å². The van der Waals surface area contributed by atoms with Crippen molar-refractivity contribution in [3.63, 3.8) is 0 Å². The fourth-order valence-corrected chi connectivity index (χ4v) is 3.58. The van der Waals surface area contributed by atoms with E-state index in [-0.39, 0.29) is 5.56 Å². The number of ether oxygens (including phenoxy) is 1. The van der Waals surface area contributed by atoms with Crippen LogP contribution in [-0.2, 0) is 9.53 Å². The Morgan fingerprint density at radius 2 is 1.80 bits per heavy atom. The predicted molar refractivity (Wildman–Crippen MR) is 119 cm³/mol. The van der Waals surface area contributed by atoms with E-state index in [1.807, 2.05) is 36.4 Å². The van der Waals surface area contributed by atoms with Gasteiger partial charge in [0, 0.05) is 4.88 Å². The van der Waals surface area contributed by atoms with Gasteiger partial charge in [0.25, 0.3) is 5.91 Å². The van der Waals surface area contributed by atoms with E-state index in [2.05, 4.69) is 5.32 Å². The van der Waals surface area contributed by atoms with Crippen LogP contribution in [0, 0.1) is 0 Å².